The van der Waals surface area contributed by atoms with Gasteiger partial charge in [-0.05, 0) is 35.7 Å². The number of rotatable bonds is 7. The van der Waals surface area contributed by atoms with Crippen LogP contribution in [-0.4, -0.2) is 25.9 Å². The predicted molar refractivity (Wildman–Crippen MR) is 129 cm³/mol. The van der Waals surface area contributed by atoms with E-state index in [1.54, 1.807) is 36.6 Å². The normalized spacial score (nSPS) is 10.7. The predicted octanol–water partition coefficient (Wildman–Crippen LogP) is 5.58. The number of primary amides is 1. The van der Waals surface area contributed by atoms with Gasteiger partial charge in [0.1, 0.15) is 11.5 Å². The van der Waals surface area contributed by atoms with Crippen LogP contribution < -0.4 is 15.2 Å². The number of hydrogen-bond acceptors (Lipinski definition) is 5. The van der Waals surface area contributed by atoms with Crippen LogP contribution in [0.3, 0.4) is 0 Å². The summed E-state index contributed by atoms with van der Waals surface area (Å²) < 4.78 is 12.3. The molecule has 0 radical (unpaired) electrons. The molecule has 4 aromatic rings. The minimum atomic E-state index is -0.548. The zero-order valence-electron chi connectivity index (χ0n) is 17.7. The number of nitrogens with two attached hydrogens (primary N) is 1. The number of carbonyl (C=O) groups excluding carboxylic acids is 2. The Balaban J connectivity index is 1.78. The van der Waals surface area contributed by atoms with Gasteiger partial charge in [0, 0.05) is 43.5 Å². The first-order valence-corrected chi connectivity index (χ1v) is 10.6. The van der Waals surface area contributed by atoms with Crippen molar-refractivity contribution in [1.29, 1.82) is 0 Å². The fourth-order valence-corrected chi connectivity index (χ4v) is 4.61. The molecule has 0 aliphatic heterocycles. The van der Waals surface area contributed by atoms with E-state index < -0.39 is 5.91 Å². The molecule has 3 aromatic carbocycles. The van der Waals surface area contributed by atoms with Crippen LogP contribution in [0.15, 0.2) is 73.3 Å². The number of Topliss-reactive ketones (excluding diaryl/α,β-unsaturated/α-hetero) is 1. The van der Waals surface area contributed by atoms with Crippen LogP contribution in [0.4, 0.5) is 0 Å². The Morgan fingerprint density at radius 1 is 0.875 bits per heavy atom. The zero-order chi connectivity index (χ0) is 22.8. The number of methoxy groups -OCH3 is 2. The number of ketones is 1. The van der Waals surface area contributed by atoms with Gasteiger partial charge in [-0.25, -0.2) is 0 Å². The fraction of sp³-hybridized carbons (Fsp3) is 0.0769. The summed E-state index contributed by atoms with van der Waals surface area (Å²) in [6.07, 6.45) is 0. The van der Waals surface area contributed by atoms with Crippen molar-refractivity contribution in [1.82, 2.24) is 0 Å². The van der Waals surface area contributed by atoms with Crippen molar-refractivity contribution in [3.8, 4) is 21.9 Å². The molecule has 0 spiro atoms. The van der Waals surface area contributed by atoms with Gasteiger partial charge in [-0.3, -0.25) is 9.59 Å². The number of amides is 1. The van der Waals surface area contributed by atoms with Gasteiger partial charge in [-0.1, -0.05) is 36.9 Å². The molecule has 0 saturated heterocycles. The second-order valence-electron chi connectivity index (χ2n) is 7.15. The van der Waals surface area contributed by atoms with Crippen molar-refractivity contribution >= 4 is 38.7 Å². The molecule has 1 heterocycles. The van der Waals surface area contributed by atoms with E-state index in [1.807, 2.05) is 18.2 Å². The van der Waals surface area contributed by atoms with Crippen LogP contribution in [0.5, 0.6) is 11.5 Å². The second kappa shape index (κ2) is 8.69. The lowest BCUT2D eigenvalue weighted by atomic mass is 9.94. The van der Waals surface area contributed by atoms with Gasteiger partial charge in [0.15, 0.2) is 5.78 Å². The number of ether oxygens (including phenoxy) is 2. The van der Waals surface area contributed by atoms with Crippen molar-refractivity contribution in [2.45, 2.75) is 0 Å². The fourth-order valence-electron chi connectivity index (χ4n) is 3.52. The summed E-state index contributed by atoms with van der Waals surface area (Å²) in [4.78, 5) is 25.5. The summed E-state index contributed by atoms with van der Waals surface area (Å²) in [7, 11) is 3.14. The number of allylic oxidation sites excluding steroid dienone is 1. The molecule has 0 fully saturated rings. The SMILES string of the molecule is C=C(C(=O)c1ccc(C(N)=O)cc1)c1cc(-c2cc3ccccc3s2)c(OC)cc1OC. The maximum atomic E-state index is 13.1. The highest BCUT2D eigenvalue weighted by Gasteiger charge is 2.21. The van der Waals surface area contributed by atoms with E-state index in [0.29, 0.717) is 28.2 Å². The highest BCUT2D eigenvalue weighted by atomic mass is 32.1. The van der Waals surface area contributed by atoms with Gasteiger partial charge < -0.3 is 15.2 Å². The third kappa shape index (κ3) is 3.88. The summed E-state index contributed by atoms with van der Waals surface area (Å²) in [5.41, 5.74) is 7.73. The molecule has 0 bridgehead atoms. The number of hydrogen-bond donors (Lipinski definition) is 1. The molecule has 6 heteroatoms. The van der Waals surface area contributed by atoms with E-state index in [4.69, 9.17) is 15.2 Å². The van der Waals surface area contributed by atoms with Crippen molar-refractivity contribution in [3.05, 3.63) is 90.0 Å². The highest BCUT2D eigenvalue weighted by molar-refractivity contribution is 7.22. The smallest absolute Gasteiger partial charge is 0.248 e. The molecule has 160 valence electrons. The Bertz CT molecular complexity index is 1320. The van der Waals surface area contributed by atoms with Crippen molar-refractivity contribution < 1.29 is 19.1 Å². The maximum Gasteiger partial charge on any atom is 0.248 e. The molecule has 0 aliphatic carbocycles. The van der Waals surface area contributed by atoms with Gasteiger partial charge >= 0.3 is 0 Å². The molecule has 0 atom stereocenters. The van der Waals surface area contributed by atoms with E-state index in [-0.39, 0.29) is 11.4 Å². The average Bonchev–Trinajstić information content (AvgIpc) is 3.26. The lowest BCUT2D eigenvalue weighted by Crippen LogP contribution is -2.11. The number of thiophene rings is 1. The van der Waals surface area contributed by atoms with Crippen molar-refractivity contribution in [2.24, 2.45) is 5.73 Å². The van der Waals surface area contributed by atoms with Crippen LogP contribution >= 0.6 is 11.3 Å². The molecule has 0 unspecified atom stereocenters. The quantitative estimate of drug-likeness (QED) is 0.299. The first-order chi connectivity index (χ1) is 15.4. The molecule has 1 aromatic heterocycles. The summed E-state index contributed by atoms with van der Waals surface area (Å²) in [6.45, 7) is 4.04. The van der Waals surface area contributed by atoms with Gasteiger partial charge in [0.2, 0.25) is 5.91 Å². The van der Waals surface area contributed by atoms with E-state index in [0.717, 1.165) is 20.5 Å². The molecule has 4 rings (SSSR count). The van der Waals surface area contributed by atoms with Crippen LogP contribution in [0.1, 0.15) is 26.3 Å². The van der Waals surface area contributed by atoms with E-state index in [9.17, 15) is 9.59 Å². The topological polar surface area (TPSA) is 78.6 Å². The molecular formula is C26H21NO4S. The summed E-state index contributed by atoms with van der Waals surface area (Å²) >= 11 is 1.64. The number of benzene rings is 3. The molecule has 0 aliphatic rings. The van der Waals surface area contributed by atoms with E-state index in [2.05, 4.69) is 24.8 Å². The lowest BCUT2D eigenvalue weighted by Gasteiger charge is -2.15. The molecule has 5 nitrogen and oxygen atoms in total. The maximum absolute atomic E-state index is 13.1. The third-order valence-corrected chi connectivity index (χ3v) is 6.39. The Labute approximate surface area is 189 Å². The van der Waals surface area contributed by atoms with Crippen molar-refractivity contribution in [2.75, 3.05) is 14.2 Å². The minimum absolute atomic E-state index is 0.272. The Kier molecular flexibility index (Phi) is 5.79. The minimum Gasteiger partial charge on any atom is -0.496 e. The number of fused-ring (bicyclic) bond motifs is 1. The molecule has 1 amide bonds. The molecule has 0 saturated carbocycles. The van der Waals surface area contributed by atoms with Gasteiger partial charge in [0.05, 0.1) is 14.2 Å². The number of carbonyl (C=O) groups is 2. The Hall–Kier alpha value is -3.90. The zero-order valence-corrected chi connectivity index (χ0v) is 18.5. The van der Waals surface area contributed by atoms with Crippen LogP contribution in [0.2, 0.25) is 0 Å². The summed E-state index contributed by atoms with van der Waals surface area (Å²) in [6, 6.07) is 20.1. The highest BCUT2D eigenvalue weighted by Crippen LogP contribution is 2.43. The van der Waals surface area contributed by atoms with Crippen LogP contribution in [0.25, 0.3) is 26.1 Å². The monoisotopic (exact) mass is 443 g/mol. The lowest BCUT2D eigenvalue weighted by molar-refractivity contribution is 0.0998. The Morgan fingerprint density at radius 3 is 2.16 bits per heavy atom. The first kappa shape index (κ1) is 21.3. The third-order valence-electron chi connectivity index (χ3n) is 5.24. The first-order valence-electron chi connectivity index (χ1n) is 9.81. The van der Waals surface area contributed by atoms with Gasteiger partial charge in [-0.15, -0.1) is 11.3 Å². The van der Waals surface area contributed by atoms with Gasteiger partial charge in [-0.2, -0.15) is 0 Å². The average molecular weight is 444 g/mol. The summed E-state index contributed by atoms with van der Waals surface area (Å²) in [5, 5.41) is 1.14. The largest absolute Gasteiger partial charge is 0.496 e. The molecule has 32 heavy (non-hydrogen) atoms. The van der Waals surface area contributed by atoms with E-state index in [1.165, 1.54) is 19.2 Å². The van der Waals surface area contributed by atoms with E-state index >= 15 is 0 Å². The standard InChI is InChI=1S/C26H21NO4S/c1-15(25(28)16-8-10-17(11-9-16)26(27)29)19-13-20(22(31-3)14-21(19)30-2)24-12-18-6-4-5-7-23(18)32-24/h4-14H,1H2,2-3H3,(H2,27,29). The molecule has 2 N–H and O–H groups in total. The van der Waals surface area contributed by atoms with Crippen LogP contribution in [0, 0.1) is 0 Å². The summed E-state index contributed by atoms with van der Waals surface area (Å²) in [5.74, 6) is 0.307. The second-order valence-corrected chi connectivity index (χ2v) is 8.23. The van der Waals surface area contributed by atoms with Gasteiger partial charge in [0.25, 0.3) is 0 Å². The van der Waals surface area contributed by atoms with Crippen molar-refractivity contribution in [3.63, 3.8) is 0 Å². The molecular weight excluding hydrogens is 422 g/mol. The Morgan fingerprint density at radius 2 is 1.53 bits per heavy atom. The van der Waals surface area contributed by atoms with Crippen LogP contribution in [-0.2, 0) is 0 Å².